The number of benzene rings is 1. The van der Waals surface area contributed by atoms with E-state index in [4.69, 9.17) is 5.11 Å². The predicted octanol–water partition coefficient (Wildman–Crippen LogP) is 2.29. The summed E-state index contributed by atoms with van der Waals surface area (Å²) in [4.78, 5) is 1.76. The molecule has 1 aromatic rings. The molecule has 0 unspecified atom stereocenters. The maximum atomic E-state index is 12.8. The summed E-state index contributed by atoms with van der Waals surface area (Å²) < 4.78 is 38.3. The minimum absolute atomic E-state index is 0.0242. The molecule has 100 valence electrons. The lowest BCUT2D eigenvalue weighted by Gasteiger charge is -2.19. The Kier molecular flexibility index (Phi) is 3.92. The Bertz CT molecular complexity index is 380. The molecule has 1 aliphatic rings. The highest BCUT2D eigenvalue weighted by atomic mass is 19.4. The predicted molar refractivity (Wildman–Crippen MR) is 61.8 cm³/mol. The quantitative estimate of drug-likeness (QED) is 0.900. The number of hydrogen-bond donors (Lipinski definition) is 1. The molecule has 1 aliphatic heterocycles. The lowest BCUT2D eigenvalue weighted by Crippen LogP contribution is -2.31. The zero-order valence-electron chi connectivity index (χ0n) is 9.90. The number of halogens is 3. The third-order valence-corrected chi connectivity index (χ3v) is 3.42. The Labute approximate surface area is 104 Å². The fourth-order valence-electron chi connectivity index (χ4n) is 2.49. The van der Waals surface area contributed by atoms with Crippen LogP contribution in [0.15, 0.2) is 30.3 Å². The molecule has 1 saturated heterocycles. The third-order valence-electron chi connectivity index (χ3n) is 3.42. The molecule has 0 saturated carbocycles. The van der Waals surface area contributed by atoms with Crippen molar-refractivity contribution in [3.05, 3.63) is 35.9 Å². The summed E-state index contributed by atoms with van der Waals surface area (Å²) in [5, 5.41) is 9.06. The molecular weight excluding hydrogens is 243 g/mol. The van der Waals surface area contributed by atoms with Crippen molar-refractivity contribution >= 4 is 0 Å². The first-order valence-electron chi connectivity index (χ1n) is 5.94. The van der Waals surface area contributed by atoms with Gasteiger partial charge in [-0.2, -0.15) is 13.2 Å². The summed E-state index contributed by atoms with van der Waals surface area (Å²) in [5.41, 5.74) is 0.997. The molecule has 1 aromatic carbocycles. The van der Waals surface area contributed by atoms with E-state index in [9.17, 15) is 13.2 Å². The number of rotatable bonds is 3. The first-order valence-corrected chi connectivity index (χ1v) is 5.94. The summed E-state index contributed by atoms with van der Waals surface area (Å²) in [6.07, 6.45) is -4.22. The Hall–Kier alpha value is -1.07. The summed E-state index contributed by atoms with van der Waals surface area (Å²) >= 11 is 0. The maximum absolute atomic E-state index is 12.8. The van der Waals surface area contributed by atoms with Gasteiger partial charge in [-0.25, -0.2) is 0 Å². The van der Waals surface area contributed by atoms with Crippen LogP contribution in [0.4, 0.5) is 13.2 Å². The third kappa shape index (κ3) is 3.03. The average molecular weight is 259 g/mol. The van der Waals surface area contributed by atoms with Gasteiger partial charge in [0.05, 0.1) is 5.92 Å². The van der Waals surface area contributed by atoms with Gasteiger partial charge in [0.15, 0.2) is 0 Å². The van der Waals surface area contributed by atoms with E-state index in [2.05, 4.69) is 0 Å². The van der Waals surface area contributed by atoms with Gasteiger partial charge in [-0.15, -0.1) is 0 Å². The van der Waals surface area contributed by atoms with Crippen LogP contribution in [0.2, 0.25) is 0 Å². The van der Waals surface area contributed by atoms with Crippen molar-refractivity contribution in [2.24, 2.45) is 11.8 Å². The standard InChI is InChI=1S/C13H16F3NO/c14-13(15,16)12-8-17(7-11(12)9-18)6-10-4-2-1-3-5-10/h1-5,11-12,18H,6-9H2/t11-,12+/m1/s1. The van der Waals surface area contributed by atoms with Crippen LogP contribution < -0.4 is 0 Å². The zero-order valence-corrected chi connectivity index (χ0v) is 9.90. The van der Waals surface area contributed by atoms with E-state index in [-0.39, 0.29) is 6.54 Å². The second-order valence-corrected chi connectivity index (χ2v) is 4.77. The average Bonchev–Trinajstić information content (AvgIpc) is 2.73. The van der Waals surface area contributed by atoms with Gasteiger partial charge in [0, 0.05) is 32.2 Å². The normalized spacial score (nSPS) is 25.6. The van der Waals surface area contributed by atoms with Gasteiger partial charge < -0.3 is 5.11 Å². The minimum Gasteiger partial charge on any atom is -0.396 e. The van der Waals surface area contributed by atoms with Crippen molar-refractivity contribution in [2.75, 3.05) is 19.7 Å². The molecule has 0 bridgehead atoms. The van der Waals surface area contributed by atoms with Gasteiger partial charge in [0.25, 0.3) is 0 Å². The van der Waals surface area contributed by atoms with Gasteiger partial charge in [-0.1, -0.05) is 30.3 Å². The van der Waals surface area contributed by atoms with Gasteiger partial charge in [-0.05, 0) is 5.56 Å². The van der Waals surface area contributed by atoms with Crippen LogP contribution in [0.25, 0.3) is 0 Å². The van der Waals surface area contributed by atoms with Crippen LogP contribution in [0.1, 0.15) is 5.56 Å². The molecule has 1 fully saturated rings. The highest BCUT2D eigenvalue weighted by molar-refractivity contribution is 5.14. The number of aliphatic hydroxyl groups excluding tert-OH is 1. The second kappa shape index (κ2) is 5.28. The molecule has 0 radical (unpaired) electrons. The molecule has 18 heavy (non-hydrogen) atoms. The Morgan fingerprint density at radius 2 is 1.83 bits per heavy atom. The Morgan fingerprint density at radius 1 is 1.17 bits per heavy atom. The molecule has 2 atom stereocenters. The van der Waals surface area contributed by atoms with Crippen molar-refractivity contribution in [2.45, 2.75) is 12.7 Å². The van der Waals surface area contributed by atoms with E-state index >= 15 is 0 Å². The molecule has 0 aliphatic carbocycles. The van der Waals surface area contributed by atoms with Crippen LogP contribution in [0.5, 0.6) is 0 Å². The molecule has 5 heteroatoms. The van der Waals surface area contributed by atoms with Crippen molar-refractivity contribution in [3.8, 4) is 0 Å². The highest BCUT2D eigenvalue weighted by Gasteiger charge is 2.49. The second-order valence-electron chi connectivity index (χ2n) is 4.77. The molecule has 1 heterocycles. The number of nitrogens with zero attached hydrogens (tertiary/aromatic N) is 1. The van der Waals surface area contributed by atoms with Crippen molar-refractivity contribution in [1.29, 1.82) is 0 Å². The SMILES string of the molecule is OC[C@H]1CN(Cc2ccccc2)C[C@@H]1C(F)(F)F. The van der Waals surface area contributed by atoms with E-state index in [1.54, 1.807) is 4.90 Å². The molecule has 0 spiro atoms. The summed E-state index contributed by atoms with van der Waals surface area (Å²) in [5.74, 6) is -2.11. The van der Waals surface area contributed by atoms with Crippen molar-refractivity contribution in [1.82, 2.24) is 4.90 Å². The zero-order chi connectivity index (χ0) is 13.2. The van der Waals surface area contributed by atoms with Crippen LogP contribution in [0.3, 0.4) is 0 Å². The fraction of sp³-hybridized carbons (Fsp3) is 0.538. The van der Waals surface area contributed by atoms with Crippen molar-refractivity contribution < 1.29 is 18.3 Å². The number of alkyl halides is 3. The highest BCUT2D eigenvalue weighted by Crippen LogP contribution is 2.37. The van der Waals surface area contributed by atoms with Crippen LogP contribution in [0, 0.1) is 11.8 Å². The number of hydrogen-bond acceptors (Lipinski definition) is 2. The van der Waals surface area contributed by atoms with Crippen LogP contribution >= 0.6 is 0 Å². The lowest BCUT2D eigenvalue weighted by molar-refractivity contribution is -0.183. The first-order chi connectivity index (χ1) is 8.50. The van der Waals surface area contributed by atoms with E-state index in [0.29, 0.717) is 13.1 Å². The smallest absolute Gasteiger partial charge is 0.393 e. The lowest BCUT2D eigenvalue weighted by atomic mass is 9.97. The van der Waals surface area contributed by atoms with Gasteiger partial charge in [-0.3, -0.25) is 4.90 Å². The van der Waals surface area contributed by atoms with E-state index in [1.807, 2.05) is 30.3 Å². The van der Waals surface area contributed by atoms with Gasteiger partial charge in [0.2, 0.25) is 0 Å². The van der Waals surface area contributed by atoms with E-state index < -0.39 is 24.6 Å². The number of likely N-dealkylation sites (tertiary alicyclic amines) is 1. The summed E-state index contributed by atoms with van der Waals surface area (Å²) in [6, 6.07) is 9.42. The van der Waals surface area contributed by atoms with Gasteiger partial charge >= 0.3 is 6.18 Å². The van der Waals surface area contributed by atoms with E-state index in [0.717, 1.165) is 5.56 Å². The molecule has 0 aromatic heterocycles. The molecule has 0 amide bonds. The largest absolute Gasteiger partial charge is 0.396 e. The molecule has 1 N–H and O–H groups in total. The number of aliphatic hydroxyl groups is 1. The molecular formula is C13H16F3NO. The summed E-state index contributed by atoms with van der Waals surface area (Å²) in [6.45, 7) is 0.374. The fourth-order valence-corrected chi connectivity index (χ4v) is 2.49. The van der Waals surface area contributed by atoms with Crippen LogP contribution in [-0.4, -0.2) is 35.9 Å². The minimum atomic E-state index is -4.22. The topological polar surface area (TPSA) is 23.5 Å². The first kappa shape index (κ1) is 13.4. The monoisotopic (exact) mass is 259 g/mol. The Balaban J connectivity index is 2.01. The molecule has 2 rings (SSSR count). The Morgan fingerprint density at radius 3 is 2.33 bits per heavy atom. The summed E-state index contributed by atoms with van der Waals surface area (Å²) in [7, 11) is 0. The van der Waals surface area contributed by atoms with Crippen molar-refractivity contribution in [3.63, 3.8) is 0 Å². The van der Waals surface area contributed by atoms with E-state index in [1.165, 1.54) is 0 Å². The molecule has 2 nitrogen and oxygen atoms in total. The van der Waals surface area contributed by atoms with Crippen LogP contribution in [-0.2, 0) is 6.54 Å². The maximum Gasteiger partial charge on any atom is 0.393 e. The van der Waals surface area contributed by atoms with Gasteiger partial charge in [0.1, 0.15) is 0 Å².